The Morgan fingerprint density at radius 3 is 1.05 bits per heavy atom. The van der Waals surface area contributed by atoms with Gasteiger partial charge in [0.15, 0.2) is 0 Å². The number of carbonyl (C=O) groups is 1. The molecule has 5 nitrogen and oxygen atoms in total. The van der Waals surface area contributed by atoms with Crippen molar-refractivity contribution in [3.05, 3.63) is 0 Å². The van der Waals surface area contributed by atoms with Crippen LogP contribution in [-0.2, 0) is 4.79 Å². The highest BCUT2D eigenvalue weighted by molar-refractivity contribution is 5.70. The Morgan fingerprint density at radius 2 is 0.767 bits per heavy atom. The van der Waals surface area contributed by atoms with Gasteiger partial charge in [-0.15, -0.1) is 0 Å². The quantitative estimate of drug-likeness (QED) is 0.0571. The summed E-state index contributed by atoms with van der Waals surface area (Å²) in [5.74, 6) is -1.18. The van der Waals surface area contributed by atoms with E-state index in [0.29, 0.717) is 13.0 Å². The van der Waals surface area contributed by atoms with Crippen LogP contribution in [-0.4, -0.2) is 49.2 Å². The van der Waals surface area contributed by atoms with Crippen molar-refractivity contribution in [3.8, 4) is 0 Å². The molecule has 260 valence electrons. The van der Waals surface area contributed by atoms with Crippen LogP contribution < -0.4 is 16.6 Å². The Kier molecular flexibility index (Phi) is 37.1. The summed E-state index contributed by atoms with van der Waals surface area (Å²) in [5.41, 5.74) is 10.3. The van der Waals surface area contributed by atoms with Crippen molar-refractivity contribution in [2.24, 2.45) is 11.5 Å². The fourth-order valence-electron chi connectivity index (χ4n) is 6.21. The first kappa shape index (κ1) is 44.5. The second kappa shape index (κ2) is 35.8. The molecule has 0 saturated carbocycles. The maximum atomic E-state index is 10.0. The van der Waals surface area contributed by atoms with Gasteiger partial charge >= 0.3 is 0 Å². The highest BCUT2D eigenvalue weighted by atomic mass is 16.4. The first-order valence-electron chi connectivity index (χ1n) is 19.4. The number of carboxylic acids is 1. The van der Waals surface area contributed by atoms with Gasteiger partial charge < -0.3 is 25.9 Å². The van der Waals surface area contributed by atoms with Crippen molar-refractivity contribution in [1.29, 1.82) is 0 Å². The van der Waals surface area contributed by atoms with Crippen LogP contribution in [0.1, 0.15) is 201 Å². The molecular formula is C38H81N3O2. The molecule has 0 amide bonds. The average Bonchev–Trinajstić information content (AvgIpc) is 3.00. The third-order valence-corrected chi connectivity index (χ3v) is 9.22. The van der Waals surface area contributed by atoms with E-state index < -0.39 is 12.0 Å². The topological polar surface area (TPSA) is 92.2 Å². The minimum Gasteiger partial charge on any atom is -0.548 e. The maximum absolute atomic E-state index is 10.0. The number of rotatable bonds is 33. The number of nitrogens with zero attached hydrogens (tertiary/aromatic N) is 1. The predicted octanol–water partition coefficient (Wildman–Crippen LogP) is 9.44. The second-order valence-electron chi connectivity index (χ2n) is 13.5. The van der Waals surface area contributed by atoms with E-state index in [0.717, 1.165) is 12.8 Å². The van der Waals surface area contributed by atoms with Gasteiger partial charge in [0.1, 0.15) is 0 Å². The summed E-state index contributed by atoms with van der Waals surface area (Å²) in [6.45, 7) is 15.8. The number of aliphatic carboxylic acids is 1. The minimum atomic E-state index is -1.18. The maximum Gasteiger partial charge on any atom is 0.0786 e. The third-order valence-electron chi connectivity index (χ3n) is 9.22. The Balaban J connectivity index is 0. The van der Waals surface area contributed by atoms with Gasteiger partial charge in [0, 0.05) is 6.04 Å². The summed E-state index contributed by atoms with van der Waals surface area (Å²) in [6.07, 6.45) is 36.8. The van der Waals surface area contributed by atoms with Gasteiger partial charge in [-0.2, -0.15) is 0 Å². The Morgan fingerprint density at radius 1 is 0.488 bits per heavy atom. The molecule has 1 atom stereocenters. The lowest BCUT2D eigenvalue weighted by Crippen LogP contribution is -2.50. The van der Waals surface area contributed by atoms with Crippen LogP contribution in [0.5, 0.6) is 0 Å². The molecule has 0 fully saturated rings. The molecule has 0 saturated heterocycles. The molecule has 0 heterocycles. The van der Waals surface area contributed by atoms with E-state index in [1.165, 1.54) is 185 Å². The van der Waals surface area contributed by atoms with E-state index in [-0.39, 0.29) is 0 Å². The number of hydrogen-bond donors (Lipinski definition) is 2. The van der Waals surface area contributed by atoms with Crippen molar-refractivity contribution < 1.29 is 14.4 Å². The van der Waals surface area contributed by atoms with Crippen molar-refractivity contribution in [2.75, 3.05) is 32.7 Å². The van der Waals surface area contributed by atoms with Gasteiger partial charge in [0.05, 0.1) is 32.1 Å². The second-order valence-corrected chi connectivity index (χ2v) is 13.5. The smallest absolute Gasteiger partial charge is 0.0786 e. The van der Waals surface area contributed by atoms with Crippen LogP contribution in [0.15, 0.2) is 0 Å². The molecule has 0 aromatic rings. The van der Waals surface area contributed by atoms with Crippen molar-refractivity contribution in [2.45, 2.75) is 207 Å². The van der Waals surface area contributed by atoms with Gasteiger partial charge in [0.25, 0.3) is 0 Å². The molecule has 0 aliphatic carbocycles. The largest absolute Gasteiger partial charge is 0.548 e. The number of carbonyl (C=O) groups excluding carboxylic acids is 1. The Bertz CT molecular complexity index is 512. The average molecular weight is 612 g/mol. The molecular weight excluding hydrogens is 530 g/mol. The number of nitrogens with two attached hydrogens (primary N) is 2. The SMILES string of the molecule is CCCCCCCCCCCCCC[N+](CCCCCC)(CCCCCC)CCCCCC.NCCCC[C@H](N)C(=O)[O-]. The van der Waals surface area contributed by atoms with Crippen molar-refractivity contribution in [3.63, 3.8) is 0 Å². The van der Waals surface area contributed by atoms with E-state index in [1.54, 1.807) is 0 Å². The van der Waals surface area contributed by atoms with Crippen molar-refractivity contribution >= 4 is 5.97 Å². The fourth-order valence-corrected chi connectivity index (χ4v) is 6.21. The Labute approximate surface area is 271 Å². The van der Waals surface area contributed by atoms with Crippen LogP contribution in [0.2, 0.25) is 0 Å². The standard InChI is InChI=1S/C32H68N.C6H14N2O2/c1-5-9-13-17-18-19-20-21-22-23-24-28-32-33(29-25-14-10-6-2,30-26-15-11-7-3)31-27-16-12-8-4;7-4-2-1-3-5(8)6(9)10/h5-32H2,1-4H3;5H,1-4,7-8H2,(H,9,10)/q+1;/p-1/t;5-/m.0/s1. The number of unbranched alkanes of at least 4 members (excludes halogenated alkanes) is 21. The highest BCUT2D eigenvalue weighted by Gasteiger charge is 2.25. The molecule has 5 heteroatoms. The molecule has 0 aromatic carbocycles. The zero-order valence-electron chi connectivity index (χ0n) is 30.1. The van der Waals surface area contributed by atoms with Gasteiger partial charge in [-0.05, 0) is 70.8 Å². The van der Waals surface area contributed by atoms with Gasteiger partial charge in [0.2, 0.25) is 0 Å². The summed E-state index contributed by atoms with van der Waals surface area (Å²) in [7, 11) is 0. The fraction of sp³-hybridized carbons (Fsp3) is 0.974. The van der Waals surface area contributed by atoms with Crippen molar-refractivity contribution in [1.82, 2.24) is 0 Å². The van der Waals surface area contributed by atoms with E-state index in [4.69, 9.17) is 11.5 Å². The van der Waals surface area contributed by atoms with Crippen LogP contribution in [0.25, 0.3) is 0 Å². The van der Waals surface area contributed by atoms with Crippen LogP contribution >= 0.6 is 0 Å². The van der Waals surface area contributed by atoms with Crippen LogP contribution in [0, 0.1) is 0 Å². The van der Waals surface area contributed by atoms with E-state index in [9.17, 15) is 9.90 Å². The molecule has 0 rings (SSSR count). The van der Waals surface area contributed by atoms with E-state index >= 15 is 0 Å². The highest BCUT2D eigenvalue weighted by Crippen LogP contribution is 2.20. The molecule has 4 N–H and O–H groups in total. The summed E-state index contributed by atoms with van der Waals surface area (Å²) >= 11 is 0. The van der Waals surface area contributed by atoms with Gasteiger partial charge in [-0.25, -0.2) is 0 Å². The molecule has 0 radical (unpaired) electrons. The monoisotopic (exact) mass is 612 g/mol. The number of hydrogen-bond acceptors (Lipinski definition) is 4. The van der Waals surface area contributed by atoms with E-state index in [2.05, 4.69) is 27.7 Å². The van der Waals surface area contributed by atoms with Crippen LogP contribution in [0.3, 0.4) is 0 Å². The van der Waals surface area contributed by atoms with Gasteiger partial charge in [-0.1, -0.05) is 137 Å². The molecule has 0 aliphatic heterocycles. The third kappa shape index (κ3) is 32.6. The summed E-state index contributed by atoms with van der Waals surface area (Å²) in [4.78, 5) is 10.0. The number of quaternary nitrogens is 1. The lowest BCUT2D eigenvalue weighted by molar-refractivity contribution is -0.929. The zero-order chi connectivity index (χ0) is 32.3. The van der Waals surface area contributed by atoms with E-state index in [1.807, 2.05) is 0 Å². The van der Waals surface area contributed by atoms with Gasteiger partial charge in [-0.3, -0.25) is 0 Å². The molecule has 0 unspecified atom stereocenters. The molecule has 43 heavy (non-hydrogen) atoms. The first-order chi connectivity index (χ1) is 20.9. The molecule has 0 bridgehead atoms. The zero-order valence-corrected chi connectivity index (χ0v) is 30.1. The number of carboxylic acid groups (broad SMARTS) is 1. The first-order valence-corrected chi connectivity index (χ1v) is 19.4. The summed E-state index contributed by atoms with van der Waals surface area (Å²) in [5, 5.41) is 10.0. The molecule has 0 aromatic heterocycles. The summed E-state index contributed by atoms with van der Waals surface area (Å²) in [6, 6.07) is -0.827. The lowest BCUT2D eigenvalue weighted by Gasteiger charge is -2.39. The normalized spacial score (nSPS) is 12.2. The molecule has 0 aliphatic rings. The lowest BCUT2D eigenvalue weighted by atomic mass is 10.0. The summed E-state index contributed by atoms with van der Waals surface area (Å²) < 4.78 is 1.47. The molecule has 0 spiro atoms. The predicted molar refractivity (Wildman–Crippen MR) is 189 cm³/mol. The minimum absolute atomic E-state index is 0.458. The Hall–Kier alpha value is -0.650. The van der Waals surface area contributed by atoms with Crippen LogP contribution in [0.4, 0.5) is 0 Å².